The lowest BCUT2D eigenvalue weighted by atomic mass is 10.2. The number of thiophene rings is 2. The smallest absolute Gasteiger partial charge is 0.0931 e. The molecule has 1 atom stereocenters. The zero-order chi connectivity index (χ0) is 13.1. The third-order valence-electron chi connectivity index (χ3n) is 2.74. The van der Waals surface area contributed by atoms with Gasteiger partial charge in [-0.15, -0.1) is 22.7 Å². The van der Waals surface area contributed by atoms with Crippen molar-refractivity contribution in [1.29, 1.82) is 0 Å². The van der Waals surface area contributed by atoms with Crippen molar-refractivity contribution >= 4 is 50.2 Å². The Balaban J connectivity index is 2.11. The van der Waals surface area contributed by atoms with Crippen molar-refractivity contribution in [3.05, 3.63) is 42.1 Å². The lowest BCUT2D eigenvalue weighted by Gasteiger charge is -2.26. The first kappa shape index (κ1) is 14.5. The second-order valence-electron chi connectivity index (χ2n) is 4.01. The minimum absolute atomic E-state index is 0.236. The average Bonchev–Trinajstić information content (AvgIpc) is 2.90. The van der Waals surface area contributed by atoms with E-state index in [4.69, 9.17) is 17.3 Å². The molecular weight excluding hydrogens is 352 g/mol. The third-order valence-corrected chi connectivity index (χ3v) is 5.92. The number of nitrogens with two attached hydrogens (primary N) is 1. The summed E-state index contributed by atoms with van der Waals surface area (Å²) in [6.07, 6.45) is 0. The molecule has 18 heavy (non-hydrogen) atoms. The molecule has 6 heteroatoms. The highest BCUT2D eigenvalue weighted by molar-refractivity contribution is 9.10. The topological polar surface area (TPSA) is 29.3 Å². The second-order valence-corrected chi connectivity index (χ2v) is 7.61. The molecule has 1 unspecified atom stereocenters. The lowest BCUT2D eigenvalue weighted by Crippen LogP contribution is -2.29. The van der Waals surface area contributed by atoms with Crippen molar-refractivity contribution in [3.63, 3.8) is 0 Å². The molecule has 98 valence electrons. The molecule has 2 N–H and O–H groups in total. The molecule has 0 radical (unpaired) electrons. The predicted octanol–water partition coefficient (Wildman–Crippen LogP) is 4.36. The van der Waals surface area contributed by atoms with E-state index in [1.54, 1.807) is 22.7 Å². The van der Waals surface area contributed by atoms with E-state index in [-0.39, 0.29) is 6.04 Å². The molecule has 0 fully saturated rings. The lowest BCUT2D eigenvalue weighted by molar-refractivity contribution is 0.246. The van der Waals surface area contributed by atoms with Crippen LogP contribution in [0.5, 0.6) is 0 Å². The van der Waals surface area contributed by atoms with Crippen LogP contribution in [0.4, 0.5) is 0 Å². The van der Waals surface area contributed by atoms with Crippen LogP contribution < -0.4 is 5.73 Å². The first-order valence-electron chi connectivity index (χ1n) is 5.49. The fraction of sp³-hybridized carbons (Fsp3) is 0.333. The Hall–Kier alpha value is 0.0900. The monoisotopic (exact) mass is 364 g/mol. The van der Waals surface area contributed by atoms with Gasteiger partial charge in [0.05, 0.1) is 10.4 Å². The van der Waals surface area contributed by atoms with E-state index in [2.05, 4.69) is 45.4 Å². The van der Waals surface area contributed by atoms with Gasteiger partial charge in [-0.25, -0.2) is 0 Å². The van der Waals surface area contributed by atoms with E-state index < -0.39 is 0 Å². The summed E-state index contributed by atoms with van der Waals surface area (Å²) >= 11 is 12.9. The van der Waals surface area contributed by atoms with Crippen LogP contribution in [-0.2, 0) is 6.54 Å². The summed E-state index contributed by atoms with van der Waals surface area (Å²) < 4.78 is 1.97. The van der Waals surface area contributed by atoms with E-state index in [0.717, 1.165) is 15.4 Å². The molecule has 0 bridgehead atoms. The summed E-state index contributed by atoms with van der Waals surface area (Å²) in [6, 6.07) is 6.31. The van der Waals surface area contributed by atoms with Gasteiger partial charge in [0.1, 0.15) is 0 Å². The van der Waals surface area contributed by atoms with Gasteiger partial charge in [0.15, 0.2) is 0 Å². The number of halogens is 2. The second kappa shape index (κ2) is 6.50. The highest BCUT2D eigenvalue weighted by Crippen LogP contribution is 2.33. The van der Waals surface area contributed by atoms with E-state index in [0.29, 0.717) is 6.54 Å². The van der Waals surface area contributed by atoms with Crippen molar-refractivity contribution < 1.29 is 0 Å². The van der Waals surface area contributed by atoms with Crippen LogP contribution in [0.1, 0.15) is 15.8 Å². The highest BCUT2D eigenvalue weighted by Gasteiger charge is 2.19. The van der Waals surface area contributed by atoms with Gasteiger partial charge in [-0.3, -0.25) is 4.90 Å². The number of hydrogen-bond acceptors (Lipinski definition) is 4. The molecule has 0 aliphatic rings. The molecule has 2 rings (SSSR count). The first-order chi connectivity index (χ1) is 8.61. The van der Waals surface area contributed by atoms with E-state index in [1.807, 2.05) is 6.07 Å². The molecule has 0 aliphatic heterocycles. The van der Waals surface area contributed by atoms with Gasteiger partial charge in [0.25, 0.3) is 0 Å². The van der Waals surface area contributed by atoms with Gasteiger partial charge in [-0.2, -0.15) is 0 Å². The molecular formula is C12H14BrClN2S2. The van der Waals surface area contributed by atoms with Crippen LogP contribution in [0.15, 0.2) is 28.1 Å². The van der Waals surface area contributed by atoms with Gasteiger partial charge in [0, 0.05) is 27.3 Å². The van der Waals surface area contributed by atoms with E-state index in [1.165, 1.54) is 9.75 Å². The maximum atomic E-state index is 5.95. The Morgan fingerprint density at radius 1 is 1.44 bits per heavy atom. The Labute approximate surface area is 128 Å². The van der Waals surface area contributed by atoms with E-state index >= 15 is 0 Å². The Bertz CT molecular complexity index is 512. The Morgan fingerprint density at radius 3 is 2.72 bits per heavy atom. The summed E-state index contributed by atoms with van der Waals surface area (Å²) in [5, 5.41) is 2.08. The SMILES string of the molecule is CN(Cc1ccc(Cl)s1)C(CN)c1sccc1Br. The molecule has 2 aromatic rings. The van der Waals surface area contributed by atoms with Crippen LogP contribution in [0.3, 0.4) is 0 Å². The Morgan fingerprint density at radius 2 is 2.22 bits per heavy atom. The average molecular weight is 366 g/mol. The normalized spacial score (nSPS) is 13.2. The summed E-state index contributed by atoms with van der Waals surface area (Å²) in [4.78, 5) is 4.80. The van der Waals surface area contributed by atoms with Crippen molar-refractivity contribution in [2.24, 2.45) is 5.73 Å². The van der Waals surface area contributed by atoms with Crippen molar-refractivity contribution in [2.75, 3.05) is 13.6 Å². The molecule has 0 aromatic carbocycles. The summed E-state index contributed by atoms with van der Waals surface area (Å²) in [5.74, 6) is 0. The number of hydrogen-bond donors (Lipinski definition) is 1. The van der Waals surface area contributed by atoms with Crippen LogP contribution in [0.2, 0.25) is 4.34 Å². The first-order valence-corrected chi connectivity index (χ1v) is 8.36. The standard InChI is InChI=1S/C12H14BrClN2S2/c1-16(7-8-2-3-11(14)18-8)10(6-15)12-9(13)4-5-17-12/h2-5,10H,6-7,15H2,1H3. The maximum absolute atomic E-state index is 5.95. The zero-order valence-corrected chi connectivity index (χ0v) is 13.9. The fourth-order valence-corrected chi connectivity index (χ4v) is 4.79. The predicted molar refractivity (Wildman–Crippen MR) is 84.6 cm³/mol. The molecule has 2 nitrogen and oxygen atoms in total. The Kier molecular flexibility index (Phi) is 5.24. The largest absolute Gasteiger partial charge is 0.329 e. The highest BCUT2D eigenvalue weighted by atomic mass is 79.9. The van der Waals surface area contributed by atoms with Crippen LogP contribution in [0, 0.1) is 0 Å². The van der Waals surface area contributed by atoms with Gasteiger partial charge >= 0.3 is 0 Å². The van der Waals surface area contributed by atoms with Crippen LogP contribution in [0.25, 0.3) is 0 Å². The molecule has 0 spiro atoms. The van der Waals surface area contributed by atoms with Gasteiger partial charge in [-0.1, -0.05) is 11.6 Å². The molecule has 0 saturated carbocycles. The summed E-state index contributed by atoms with van der Waals surface area (Å²) in [7, 11) is 2.09. The quantitative estimate of drug-likeness (QED) is 0.853. The number of nitrogens with zero attached hydrogens (tertiary/aromatic N) is 1. The third kappa shape index (κ3) is 3.35. The fourth-order valence-electron chi connectivity index (χ4n) is 1.82. The van der Waals surface area contributed by atoms with Crippen LogP contribution in [-0.4, -0.2) is 18.5 Å². The van der Waals surface area contributed by atoms with E-state index in [9.17, 15) is 0 Å². The van der Waals surface area contributed by atoms with Gasteiger partial charge in [-0.05, 0) is 46.6 Å². The van der Waals surface area contributed by atoms with Crippen molar-refractivity contribution in [1.82, 2.24) is 4.90 Å². The maximum Gasteiger partial charge on any atom is 0.0931 e. The molecule has 0 aliphatic carbocycles. The van der Waals surface area contributed by atoms with Gasteiger partial charge in [0.2, 0.25) is 0 Å². The molecule has 2 aromatic heterocycles. The molecule has 0 amide bonds. The summed E-state index contributed by atoms with van der Waals surface area (Å²) in [5.41, 5.74) is 5.91. The zero-order valence-electron chi connectivity index (χ0n) is 9.90. The molecule has 0 saturated heterocycles. The minimum Gasteiger partial charge on any atom is -0.329 e. The molecule has 2 heterocycles. The number of likely N-dealkylation sites (N-methyl/N-ethyl adjacent to an activating group) is 1. The minimum atomic E-state index is 0.236. The van der Waals surface area contributed by atoms with Crippen molar-refractivity contribution in [3.8, 4) is 0 Å². The van der Waals surface area contributed by atoms with Gasteiger partial charge < -0.3 is 5.73 Å². The van der Waals surface area contributed by atoms with Crippen LogP contribution >= 0.6 is 50.2 Å². The van der Waals surface area contributed by atoms with Crippen molar-refractivity contribution in [2.45, 2.75) is 12.6 Å². The summed E-state index contributed by atoms with van der Waals surface area (Å²) in [6.45, 7) is 1.47. The number of rotatable bonds is 5.